The summed E-state index contributed by atoms with van der Waals surface area (Å²) in [4.78, 5) is 0. The van der Waals surface area contributed by atoms with Crippen molar-refractivity contribution < 1.29 is 58.9 Å². The Morgan fingerprint density at radius 3 is 1.52 bits per heavy atom. The molecule has 0 aliphatic heterocycles. The van der Waals surface area contributed by atoms with Gasteiger partial charge in [0.25, 0.3) is 0 Å². The summed E-state index contributed by atoms with van der Waals surface area (Å²) in [6.07, 6.45) is 4.72. The monoisotopic (exact) mass is 490 g/mol. The third kappa shape index (κ3) is 6.46. The number of halogens is 3. The van der Waals surface area contributed by atoms with Crippen molar-refractivity contribution in [2.75, 3.05) is 0 Å². The van der Waals surface area contributed by atoms with Gasteiger partial charge in [0.1, 0.15) is 0 Å². The molecule has 0 atom stereocenters. The summed E-state index contributed by atoms with van der Waals surface area (Å²) in [6, 6.07) is 32.8. The molecule has 0 saturated heterocycles. The Hall–Kier alpha value is -1.06. The molecule has 3 aromatic rings. The van der Waals surface area contributed by atoms with E-state index in [0.717, 1.165) is 6.42 Å². The van der Waals surface area contributed by atoms with Crippen molar-refractivity contribution in [1.29, 1.82) is 0 Å². The van der Waals surface area contributed by atoms with Crippen LogP contribution < -0.4 is 47.6 Å². The fourth-order valence-corrected chi connectivity index (χ4v) is 7.15. The quantitative estimate of drug-likeness (QED) is 0.254. The van der Waals surface area contributed by atoms with Crippen LogP contribution in [0.1, 0.15) is 18.9 Å². The molecule has 0 heterocycles. The molecule has 0 spiro atoms. The predicted octanol–water partition coefficient (Wildman–Crippen LogP) is -4.82. The van der Waals surface area contributed by atoms with Crippen LogP contribution in [0, 0.1) is 6.08 Å². The van der Waals surface area contributed by atoms with Crippen molar-refractivity contribution in [2.24, 2.45) is 0 Å². The first kappa shape index (κ1) is 27.9. The summed E-state index contributed by atoms with van der Waals surface area (Å²) in [5.41, 5.74) is 3.96. The Bertz CT molecular complexity index is 887. The molecule has 0 fully saturated rings. The smallest absolute Gasteiger partial charge is 1.00 e. The second kappa shape index (κ2) is 13.3. The molecule has 0 radical (unpaired) electrons. The van der Waals surface area contributed by atoms with E-state index in [2.05, 4.69) is 104 Å². The van der Waals surface area contributed by atoms with E-state index < -0.39 is 8.80 Å². The molecule has 0 bridgehead atoms. The van der Waals surface area contributed by atoms with E-state index >= 15 is 0 Å². The van der Waals surface area contributed by atoms with Gasteiger partial charge in [-0.2, -0.15) is 16.8 Å². The Labute approximate surface area is 209 Å². The number of benzene rings is 3. The van der Waals surface area contributed by atoms with Crippen molar-refractivity contribution in [2.45, 2.75) is 13.3 Å². The van der Waals surface area contributed by atoms with Gasteiger partial charge in [-0.05, 0) is 0 Å². The predicted molar refractivity (Wildman–Crippen MR) is 110 cm³/mol. The van der Waals surface area contributed by atoms with E-state index in [-0.39, 0.29) is 58.9 Å². The number of rotatable bonds is 4. The summed E-state index contributed by atoms with van der Waals surface area (Å²) in [5, 5.41) is 4.54. The third-order valence-electron chi connectivity index (χ3n) is 4.79. The van der Waals surface area contributed by atoms with Gasteiger partial charge in [-0.25, -0.2) is 0 Å². The van der Waals surface area contributed by atoms with Gasteiger partial charge in [-0.1, -0.05) is 103 Å². The van der Waals surface area contributed by atoms with E-state index in [1.54, 1.807) is 5.20 Å². The van der Waals surface area contributed by atoms with Gasteiger partial charge in [0.15, 0.2) is 0 Å². The van der Waals surface area contributed by atoms with Crippen molar-refractivity contribution in [3.05, 3.63) is 113 Å². The standard InChI is InChI=1S/C24H21Si.3ClH.Ti/c1-19-17-23(20-11-5-2-6-12-20)24(18-19)25(21-13-7-3-8-14-21)22-15-9-4-10-16-22;;;;/h2-16,25H,18H2,1H3;3*1H;/q-1;;;;+4/p-3. The van der Waals surface area contributed by atoms with Crippen LogP contribution in [-0.4, -0.2) is 8.80 Å². The van der Waals surface area contributed by atoms with Gasteiger partial charge in [0, 0.05) is 0 Å². The van der Waals surface area contributed by atoms with E-state index in [0.29, 0.717) is 0 Å². The largest absolute Gasteiger partial charge is 4.00 e. The molecule has 0 aromatic heterocycles. The first-order valence-electron chi connectivity index (χ1n) is 8.81. The minimum atomic E-state index is -1.47. The molecule has 0 N–H and O–H groups in total. The SMILES string of the molecule is CC1=[C-]C(c2ccccc2)=C([SiH](c2ccccc2)c2ccccc2)C1.[Cl-].[Cl-].[Cl-].[Ti+4]. The maximum absolute atomic E-state index is 3.67. The van der Waals surface area contributed by atoms with Gasteiger partial charge in [0.2, 0.25) is 0 Å². The van der Waals surface area contributed by atoms with Gasteiger partial charge in [-0.15, -0.1) is 23.3 Å². The molecule has 5 heteroatoms. The third-order valence-corrected chi connectivity index (χ3v) is 8.08. The Balaban J connectivity index is 0.00000196. The van der Waals surface area contributed by atoms with Gasteiger partial charge in [0.05, 0.1) is 8.80 Å². The second-order valence-corrected chi connectivity index (χ2v) is 9.50. The van der Waals surface area contributed by atoms with Crippen LogP contribution in [0.2, 0.25) is 0 Å². The fourth-order valence-electron chi connectivity index (χ4n) is 3.71. The maximum Gasteiger partial charge on any atom is 4.00 e. The fraction of sp³-hybridized carbons (Fsp3) is 0.0833. The van der Waals surface area contributed by atoms with Crippen LogP contribution in [0.5, 0.6) is 0 Å². The van der Waals surface area contributed by atoms with Crippen molar-refractivity contribution in [3.8, 4) is 0 Å². The molecule has 4 rings (SSSR count). The zero-order valence-corrected chi connectivity index (χ0v) is 21.1. The summed E-state index contributed by atoms with van der Waals surface area (Å²) in [5.74, 6) is 0. The Kier molecular flexibility index (Phi) is 12.8. The van der Waals surface area contributed by atoms with Crippen LogP contribution in [-0.2, 0) is 21.7 Å². The van der Waals surface area contributed by atoms with E-state index in [1.807, 2.05) is 0 Å². The molecule has 3 aromatic carbocycles. The number of allylic oxidation sites excluding steroid dienone is 4. The Morgan fingerprint density at radius 1 is 0.655 bits per heavy atom. The first-order chi connectivity index (χ1) is 12.3. The number of hydrogen-bond acceptors (Lipinski definition) is 0. The van der Waals surface area contributed by atoms with Crippen molar-refractivity contribution in [1.82, 2.24) is 0 Å². The second-order valence-electron chi connectivity index (χ2n) is 6.60. The van der Waals surface area contributed by atoms with Crippen LogP contribution in [0.15, 0.2) is 102 Å². The Morgan fingerprint density at radius 2 is 1.07 bits per heavy atom. The van der Waals surface area contributed by atoms with E-state index in [9.17, 15) is 0 Å². The maximum atomic E-state index is 3.67. The minimum absolute atomic E-state index is 0. The van der Waals surface area contributed by atoms with Crippen LogP contribution in [0.4, 0.5) is 0 Å². The van der Waals surface area contributed by atoms with E-state index in [1.165, 1.54) is 27.1 Å². The summed E-state index contributed by atoms with van der Waals surface area (Å²) in [7, 11) is -1.47. The molecule has 0 amide bonds. The average molecular weight is 492 g/mol. The van der Waals surface area contributed by atoms with Crippen LogP contribution in [0.3, 0.4) is 0 Å². The molecule has 1 aliphatic carbocycles. The average Bonchev–Trinajstić information content (AvgIpc) is 3.06. The molecule has 0 saturated carbocycles. The summed E-state index contributed by atoms with van der Waals surface area (Å²) < 4.78 is 0. The van der Waals surface area contributed by atoms with Crippen LogP contribution in [0.25, 0.3) is 5.57 Å². The zero-order chi connectivity index (χ0) is 17.1. The van der Waals surface area contributed by atoms with Crippen LogP contribution >= 0.6 is 0 Å². The normalized spacial score (nSPS) is 12.1. The molecule has 1 aliphatic rings. The topological polar surface area (TPSA) is 0 Å². The molecule has 29 heavy (non-hydrogen) atoms. The molecule has 146 valence electrons. The van der Waals surface area contributed by atoms with Crippen molar-refractivity contribution >= 4 is 24.7 Å². The summed E-state index contributed by atoms with van der Waals surface area (Å²) >= 11 is 0. The first-order valence-corrected chi connectivity index (χ1v) is 10.5. The van der Waals surface area contributed by atoms with E-state index in [4.69, 9.17) is 0 Å². The minimum Gasteiger partial charge on any atom is -1.00 e. The van der Waals surface area contributed by atoms with Crippen molar-refractivity contribution in [3.63, 3.8) is 0 Å². The van der Waals surface area contributed by atoms with Gasteiger partial charge in [-0.3, -0.25) is 0 Å². The molecular weight excluding hydrogens is 471 g/mol. The zero-order valence-electron chi connectivity index (χ0n) is 16.1. The molecule has 0 nitrogen and oxygen atoms in total. The summed E-state index contributed by atoms with van der Waals surface area (Å²) in [6.45, 7) is 2.21. The van der Waals surface area contributed by atoms with Gasteiger partial charge < -0.3 is 37.2 Å². The molecule has 0 unspecified atom stereocenters. The van der Waals surface area contributed by atoms with Gasteiger partial charge >= 0.3 is 21.7 Å². The number of hydrogen-bond donors (Lipinski definition) is 0. The molecular formula is C24H21Cl3SiTi.